The Morgan fingerprint density at radius 3 is 2.69 bits per heavy atom. The van der Waals surface area contributed by atoms with Crippen LogP contribution in [0.2, 0.25) is 0 Å². The molecule has 1 fully saturated rings. The number of halogens is 1. The Labute approximate surface area is 175 Å². The maximum atomic E-state index is 6.03. The normalized spacial score (nSPS) is 14.1. The van der Waals surface area contributed by atoms with Crippen LogP contribution >= 0.6 is 24.0 Å². The van der Waals surface area contributed by atoms with E-state index in [0.29, 0.717) is 6.54 Å². The molecule has 1 aromatic carbocycles. The zero-order valence-electron chi connectivity index (χ0n) is 16.5. The van der Waals surface area contributed by atoms with E-state index in [-0.39, 0.29) is 30.1 Å². The summed E-state index contributed by atoms with van der Waals surface area (Å²) in [4.78, 5) is 4.28. The van der Waals surface area contributed by atoms with Crippen molar-refractivity contribution in [1.29, 1.82) is 0 Å². The van der Waals surface area contributed by atoms with Crippen LogP contribution in [0.4, 0.5) is 0 Å². The fourth-order valence-corrected chi connectivity index (χ4v) is 2.43. The van der Waals surface area contributed by atoms with Crippen LogP contribution in [0.5, 0.6) is 5.75 Å². The number of ether oxygens (including phenoxy) is 2. The maximum absolute atomic E-state index is 6.03. The Morgan fingerprint density at radius 2 is 2.04 bits per heavy atom. The maximum Gasteiger partial charge on any atom is 0.191 e. The van der Waals surface area contributed by atoms with Gasteiger partial charge in [0.1, 0.15) is 5.75 Å². The second-order valence-electron chi connectivity index (χ2n) is 6.99. The van der Waals surface area contributed by atoms with Crippen LogP contribution in [0.15, 0.2) is 23.2 Å². The fraction of sp³-hybridized carbons (Fsp3) is 0.650. The number of nitrogens with zero attached hydrogens (tertiary/aromatic N) is 1. The molecule has 0 spiro atoms. The van der Waals surface area contributed by atoms with E-state index in [2.05, 4.69) is 54.6 Å². The number of hydrogen-bond acceptors (Lipinski definition) is 3. The molecule has 2 N–H and O–H groups in total. The van der Waals surface area contributed by atoms with E-state index in [1.165, 1.54) is 18.4 Å². The van der Waals surface area contributed by atoms with E-state index < -0.39 is 0 Å². The summed E-state index contributed by atoms with van der Waals surface area (Å²) < 4.78 is 11.6. The fourth-order valence-electron chi connectivity index (χ4n) is 2.43. The summed E-state index contributed by atoms with van der Waals surface area (Å²) >= 11 is 0. The van der Waals surface area contributed by atoms with Crippen molar-refractivity contribution < 1.29 is 9.47 Å². The molecule has 0 amide bonds. The summed E-state index contributed by atoms with van der Waals surface area (Å²) in [7, 11) is 1.79. The van der Waals surface area contributed by atoms with Gasteiger partial charge in [-0.2, -0.15) is 0 Å². The number of aliphatic imine (C=N–C) groups is 1. The van der Waals surface area contributed by atoms with Crippen molar-refractivity contribution in [3.63, 3.8) is 0 Å². The van der Waals surface area contributed by atoms with Crippen molar-refractivity contribution >= 4 is 29.9 Å². The molecule has 0 saturated heterocycles. The van der Waals surface area contributed by atoms with Gasteiger partial charge in [0.25, 0.3) is 0 Å². The number of rotatable bonds is 10. The third-order valence-electron chi connectivity index (χ3n) is 4.13. The SMILES string of the molecule is CN=C(NCCCOC(C)C)NCc1ccc(C)cc1OCC1CC1.I. The molecule has 0 heterocycles. The third-order valence-corrected chi connectivity index (χ3v) is 4.13. The van der Waals surface area contributed by atoms with E-state index in [1.54, 1.807) is 7.05 Å². The Hall–Kier alpha value is -1.02. The highest BCUT2D eigenvalue weighted by Gasteiger charge is 2.22. The number of nitrogens with one attached hydrogen (secondary N) is 2. The van der Waals surface area contributed by atoms with E-state index in [0.717, 1.165) is 49.4 Å². The van der Waals surface area contributed by atoms with Crippen LogP contribution in [-0.4, -0.2) is 38.9 Å². The summed E-state index contributed by atoms with van der Waals surface area (Å²) in [5.41, 5.74) is 2.39. The second-order valence-corrected chi connectivity index (χ2v) is 6.99. The molecule has 6 heteroatoms. The van der Waals surface area contributed by atoms with Crippen LogP contribution < -0.4 is 15.4 Å². The summed E-state index contributed by atoms with van der Waals surface area (Å²) in [6.07, 6.45) is 3.85. The van der Waals surface area contributed by atoms with Gasteiger partial charge in [0, 0.05) is 32.3 Å². The van der Waals surface area contributed by atoms with Crippen LogP contribution in [0.25, 0.3) is 0 Å². The standard InChI is InChI=1S/C20H33N3O2.HI/c1-15(2)24-11-5-10-22-20(21-4)23-13-18-9-6-16(3)12-19(18)25-14-17-7-8-17;/h6,9,12,15,17H,5,7-8,10-11,13-14H2,1-4H3,(H2,21,22,23);1H. The molecule has 5 nitrogen and oxygen atoms in total. The van der Waals surface area contributed by atoms with E-state index in [9.17, 15) is 0 Å². The molecule has 0 aromatic heterocycles. The predicted molar refractivity (Wildman–Crippen MR) is 119 cm³/mol. The molecule has 26 heavy (non-hydrogen) atoms. The minimum Gasteiger partial charge on any atom is -0.493 e. The highest BCUT2D eigenvalue weighted by molar-refractivity contribution is 14.0. The van der Waals surface area contributed by atoms with Gasteiger partial charge < -0.3 is 20.1 Å². The molecule has 1 aliphatic carbocycles. The van der Waals surface area contributed by atoms with Gasteiger partial charge in [0.05, 0.1) is 12.7 Å². The summed E-state index contributed by atoms with van der Waals surface area (Å²) in [6, 6.07) is 6.38. The monoisotopic (exact) mass is 475 g/mol. The highest BCUT2D eigenvalue weighted by Crippen LogP contribution is 2.30. The molecule has 1 saturated carbocycles. The molecule has 0 unspecified atom stereocenters. The van der Waals surface area contributed by atoms with Gasteiger partial charge in [0.2, 0.25) is 0 Å². The number of guanidine groups is 1. The molecule has 1 aliphatic rings. The molecule has 0 aliphatic heterocycles. The Bertz CT molecular complexity index is 560. The number of benzene rings is 1. The number of aryl methyl sites for hydroxylation is 1. The Morgan fingerprint density at radius 1 is 1.27 bits per heavy atom. The van der Waals surface area contributed by atoms with Crippen molar-refractivity contribution in [2.75, 3.05) is 26.8 Å². The van der Waals surface area contributed by atoms with Gasteiger partial charge in [-0.05, 0) is 57.6 Å². The van der Waals surface area contributed by atoms with Crippen molar-refractivity contribution in [3.05, 3.63) is 29.3 Å². The van der Waals surface area contributed by atoms with Crippen molar-refractivity contribution in [2.45, 2.75) is 52.7 Å². The zero-order chi connectivity index (χ0) is 18.1. The molecule has 0 bridgehead atoms. The summed E-state index contributed by atoms with van der Waals surface area (Å²) in [5.74, 6) is 2.54. The highest BCUT2D eigenvalue weighted by atomic mass is 127. The molecule has 148 valence electrons. The van der Waals surface area contributed by atoms with Crippen molar-refractivity contribution in [2.24, 2.45) is 10.9 Å². The first-order valence-electron chi connectivity index (χ1n) is 9.37. The topological polar surface area (TPSA) is 54.9 Å². The smallest absolute Gasteiger partial charge is 0.191 e. The van der Waals surface area contributed by atoms with Crippen LogP contribution in [0.1, 0.15) is 44.2 Å². The largest absolute Gasteiger partial charge is 0.493 e. The van der Waals surface area contributed by atoms with Gasteiger partial charge in [-0.25, -0.2) is 0 Å². The quantitative estimate of drug-likeness (QED) is 0.234. The van der Waals surface area contributed by atoms with Crippen LogP contribution in [-0.2, 0) is 11.3 Å². The third kappa shape index (κ3) is 9.07. The number of hydrogen-bond donors (Lipinski definition) is 2. The first kappa shape index (κ1) is 23.0. The average molecular weight is 475 g/mol. The van der Waals surface area contributed by atoms with Crippen LogP contribution in [0.3, 0.4) is 0 Å². The van der Waals surface area contributed by atoms with Gasteiger partial charge in [-0.15, -0.1) is 24.0 Å². The molecule has 0 atom stereocenters. The van der Waals surface area contributed by atoms with Gasteiger partial charge in [-0.3, -0.25) is 4.99 Å². The van der Waals surface area contributed by atoms with Crippen molar-refractivity contribution in [1.82, 2.24) is 10.6 Å². The Kier molecular flexibility index (Phi) is 11.0. The molecule has 1 aromatic rings. The molecule has 2 rings (SSSR count). The molecular weight excluding hydrogens is 441 g/mol. The minimum atomic E-state index is 0. The average Bonchev–Trinajstić information content (AvgIpc) is 3.40. The van der Waals surface area contributed by atoms with E-state index >= 15 is 0 Å². The second kappa shape index (κ2) is 12.4. The summed E-state index contributed by atoms with van der Waals surface area (Å²) in [5, 5.41) is 6.69. The van der Waals surface area contributed by atoms with E-state index in [1.807, 2.05) is 0 Å². The lowest BCUT2D eigenvalue weighted by atomic mass is 10.1. The molecule has 0 radical (unpaired) electrons. The lowest BCUT2D eigenvalue weighted by Crippen LogP contribution is -2.37. The van der Waals surface area contributed by atoms with Gasteiger partial charge in [0.15, 0.2) is 5.96 Å². The molecular formula is C20H34IN3O2. The van der Waals surface area contributed by atoms with Gasteiger partial charge in [-0.1, -0.05) is 12.1 Å². The first-order chi connectivity index (χ1) is 12.1. The Balaban J connectivity index is 0.00000338. The van der Waals surface area contributed by atoms with Crippen LogP contribution in [0, 0.1) is 12.8 Å². The summed E-state index contributed by atoms with van der Waals surface area (Å²) in [6.45, 7) is 9.34. The minimum absolute atomic E-state index is 0. The van der Waals surface area contributed by atoms with Crippen molar-refractivity contribution in [3.8, 4) is 5.75 Å². The zero-order valence-corrected chi connectivity index (χ0v) is 18.8. The predicted octanol–water partition coefficient (Wildman–Crippen LogP) is 3.88. The van der Waals surface area contributed by atoms with E-state index in [4.69, 9.17) is 9.47 Å². The lowest BCUT2D eigenvalue weighted by Gasteiger charge is -2.15. The lowest BCUT2D eigenvalue weighted by molar-refractivity contribution is 0.0776. The first-order valence-corrected chi connectivity index (χ1v) is 9.37. The van der Waals surface area contributed by atoms with Gasteiger partial charge >= 0.3 is 0 Å².